The minimum Gasteiger partial charge on any atom is -0.310 e. The molecule has 0 saturated heterocycles. The number of nitrogens with zero attached hydrogens (tertiary/aromatic N) is 1. The van der Waals surface area contributed by atoms with Crippen molar-refractivity contribution in [2.24, 2.45) is 0 Å². The van der Waals surface area contributed by atoms with E-state index in [1.807, 2.05) is 0 Å². The Hall–Kier alpha value is -3.00. The molecule has 27 heavy (non-hydrogen) atoms. The van der Waals surface area contributed by atoms with Gasteiger partial charge in [-0.25, -0.2) is 17.8 Å². The second-order valence-electron chi connectivity index (χ2n) is 6.40. The molecule has 2 aromatic carbocycles. The zero-order valence-corrected chi connectivity index (χ0v) is 15.2. The van der Waals surface area contributed by atoms with Crippen LogP contribution in [-0.4, -0.2) is 18.4 Å². The molecule has 0 amide bonds. The molecule has 0 bridgehead atoms. The highest BCUT2D eigenvalue weighted by Crippen LogP contribution is 2.32. The van der Waals surface area contributed by atoms with E-state index < -0.39 is 15.8 Å². The van der Waals surface area contributed by atoms with Crippen molar-refractivity contribution in [1.82, 2.24) is 9.97 Å². The summed E-state index contributed by atoms with van der Waals surface area (Å²) in [6.07, 6.45) is 1.32. The third kappa shape index (κ3) is 3.23. The van der Waals surface area contributed by atoms with Gasteiger partial charge in [0.1, 0.15) is 11.6 Å². The molecule has 138 valence electrons. The molecule has 0 aliphatic heterocycles. The van der Waals surface area contributed by atoms with Gasteiger partial charge in [0.25, 0.3) is 15.6 Å². The number of H-pyrrole nitrogens is 1. The molecule has 3 aromatic rings. The van der Waals surface area contributed by atoms with Crippen LogP contribution in [0, 0.1) is 12.7 Å². The summed E-state index contributed by atoms with van der Waals surface area (Å²) in [6.45, 7) is 1.71. The molecule has 0 atom stereocenters. The first kappa shape index (κ1) is 17.4. The number of fused-ring (bicyclic) bond motifs is 3. The molecule has 0 fully saturated rings. The lowest BCUT2D eigenvalue weighted by Crippen LogP contribution is -2.21. The van der Waals surface area contributed by atoms with Gasteiger partial charge in [-0.05, 0) is 67.3 Å². The third-order valence-corrected chi connectivity index (χ3v) is 5.88. The van der Waals surface area contributed by atoms with E-state index in [2.05, 4.69) is 14.7 Å². The van der Waals surface area contributed by atoms with Crippen molar-refractivity contribution in [3.63, 3.8) is 0 Å². The highest BCUT2D eigenvalue weighted by Gasteiger charge is 2.24. The van der Waals surface area contributed by atoms with Crippen molar-refractivity contribution >= 4 is 15.7 Å². The maximum absolute atomic E-state index is 13.0. The summed E-state index contributed by atoms with van der Waals surface area (Å²) in [5, 5.41) is 0. The standard InChI is InChI=1S/C19H16FN3O3S/c1-11-21-17-9-3-12-2-8-15(10-16(12)18(17)19(24)22-11)27(25,26)23-14-6-4-13(20)5-7-14/h2,4-8,10,23H,3,9H2,1H3,(H,21,22,24). The number of rotatable bonds is 3. The summed E-state index contributed by atoms with van der Waals surface area (Å²) < 4.78 is 40.9. The quantitative estimate of drug-likeness (QED) is 0.725. The number of aromatic amines is 1. The van der Waals surface area contributed by atoms with Crippen molar-refractivity contribution < 1.29 is 12.8 Å². The summed E-state index contributed by atoms with van der Waals surface area (Å²) in [4.78, 5) is 19.5. The lowest BCUT2D eigenvalue weighted by Gasteiger charge is -2.19. The van der Waals surface area contributed by atoms with Crippen LogP contribution in [0.3, 0.4) is 0 Å². The van der Waals surface area contributed by atoms with Gasteiger partial charge in [-0.3, -0.25) is 9.52 Å². The summed E-state index contributed by atoms with van der Waals surface area (Å²) in [7, 11) is -3.89. The molecule has 0 unspecified atom stereocenters. The average molecular weight is 385 g/mol. The normalized spacial score (nSPS) is 13.0. The molecule has 2 N–H and O–H groups in total. The van der Waals surface area contributed by atoms with Crippen LogP contribution in [-0.2, 0) is 22.9 Å². The maximum atomic E-state index is 13.0. The SMILES string of the molecule is Cc1nc2c(c(=O)[nH]1)-c1cc(S(=O)(=O)Nc3ccc(F)cc3)ccc1CC2. The topological polar surface area (TPSA) is 91.9 Å². The van der Waals surface area contributed by atoms with E-state index in [1.165, 1.54) is 36.4 Å². The van der Waals surface area contributed by atoms with Crippen LogP contribution < -0.4 is 10.3 Å². The number of nitrogens with one attached hydrogen (secondary N) is 2. The van der Waals surface area contributed by atoms with Crippen molar-refractivity contribution in [2.45, 2.75) is 24.7 Å². The minimum absolute atomic E-state index is 0.0263. The predicted molar refractivity (Wildman–Crippen MR) is 99.6 cm³/mol. The molecular formula is C19H16FN3O3S. The minimum atomic E-state index is -3.89. The molecule has 4 rings (SSSR count). The highest BCUT2D eigenvalue weighted by molar-refractivity contribution is 7.92. The molecule has 1 aliphatic carbocycles. The Morgan fingerprint density at radius 1 is 1.11 bits per heavy atom. The Labute approximate surface area is 155 Å². The van der Waals surface area contributed by atoms with Crippen LogP contribution in [0.5, 0.6) is 0 Å². The van der Waals surface area contributed by atoms with Crippen LogP contribution in [0.4, 0.5) is 10.1 Å². The smallest absolute Gasteiger partial charge is 0.261 e. The first-order chi connectivity index (χ1) is 12.8. The van der Waals surface area contributed by atoms with Gasteiger partial charge in [0, 0.05) is 5.69 Å². The zero-order chi connectivity index (χ0) is 19.2. The number of aryl methyl sites for hydroxylation is 3. The van der Waals surface area contributed by atoms with Crippen molar-refractivity contribution in [2.75, 3.05) is 4.72 Å². The Kier molecular flexibility index (Phi) is 4.07. The second-order valence-corrected chi connectivity index (χ2v) is 8.09. The van der Waals surface area contributed by atoms with Crippen LogP contribution >= 0.6 is 0 Å². The average Bonchev–Trinajstić information content (AvgIpc) is 2.62. The summed E-state index contributed by atoms with van der Waals surface area (Å²) in [6, 6.07) is 9.76. The number of halogens is 1. The van der Waals surface area contributed by atoms with Gasteiger partial charge in [0.2, 0.25) is 0 Å². The fourth-order valence-electron chi connectivity index (χ4n) is 3.26. The van der Waals surface area contributed by atoms with Gasteiger partial charge in [0.05, 0.1) is 16.2 Å². The first-order valence-corrected chi connectivity index (χ1v) is 9.83. The van der Waals surface area contributed by atoms with Gasteiger partial charge in [-0.15, -0.1) is 0 Å². The van der Waals surface area contributed by atoms with Gasteiger partial charge in [-0.1, -0.05) is 6.07 Å². The van der Waals surface area contributed by atoms with E-state index in [-0.39, 0.29) is 16.1 Å². The van der Waals surface area contributed by atoms with Gasteiger partial charge in [-0.2, -0.15) is 0 Å². The summed E-state index contributed by atoms with van der Waals surface area (Å²) in [5.74, 6) is 0.0781. The summed E-state index contributed by atoms with van der Waals surface area (Å²) in [5.41, 5.74) is 2.54. The number of anilines is 1. The molecule has 0 radical (unpaired) electrons. The predicted octanol–water partition coefficient (Wildman–Crippen LogP) is 2.78. The Balaban J connectivity index is 1.78. The maximum Gasteiger partial charge on any atom is 0.261 e. The van der Waals surface area contributed by atoms with Crippen molar-refractivity contribution in [3.05, 3.63) is 75.7 Å². The largest absolute Gasteiger partial charge is 0.310 e. The zero-order valence-electron chi connectivity index (χ0n) is 14.4. The molecule has 0 saturated carbocycles. The van der Waals surface area contributed by atoms with Crippen LogP contribution in [0.15, 0.2) is 52.2 Å². The van der Waals surface area contributed by atoms with Crippen LogP contribution in [0.25, 0.3) is 11.1 Å². The molecule has 0 spiro atoms. The van der Waals surface area contributed by atoms with Gasteiger partial charge < -0.3 is 4.98 Å². The molecule has 6 nitrogen and oxygen atoms in total. The Morgan fingerprint density at radius 2 is 1.85 bits per heavy atom. The van der Waals surface area contributed by atoms with E-state index in [9.17, 15) is 17.6 Å². The number of aromatic nitrogens is 2. The van der Waals surface area contributed by atoms with E-state index in [4.69, 9.17) is 0 Å². The van der Waals surface area contributed by atoms with E-state index >= 15 is 0 Å². The fraction of sp³-hybridized carbons (Fsp3) is 0.158. The van der Waals surface area contributed by atoms with Gasteiger partial charge in [0.15, 0.2) is 0 Å². The van der Waals surface area contributed by atoms with Crippen LogP contribution in [0.1, 0.15) is 17.1 Å². The Morgan fingerprint density at radius 3 is 2.59 bits per heavy atom. The molecule has 1 heterocycles. The lowest BCUT2D eigenvalue weighted by molar-refractivity contribution is 0.601. The number of sulfonamides is 1. The number of benzene rings is 2. The summed E-state index contributed by atoms with van der Waals surface area (Å²) >= 11 is 0. The second kappa shape index (κ2) is 6.31. The monoisotopic (exact) mass is 385 g/mol. The Bertz CT molecular complexity index is 1200. The first-order valence-electron chi connectivity index (χ1n) is 8.35. The number of hydrogen-bond donors (Lipinski definition) is 2. The van der Waals surface area contributed by atoms with E-state index in [0.717, 1.165) is 5.56 Å². The molecular weight excluding hydrogens is 369 g/mol. The molecule has 8 heteroatoms. The van der Waals surface area contributed by atoms with Crippen molar-refractivity contribution in [1.29, 1.82) is 0 Å². The highest BCUT2D eigenvalue weighted by atomic mass is 32.2. The van der Waals surface area contributed by atoms with Crippen LogP contribution in [0.2, 0.25) is 0 Å². The third-order valence-electron chi connectivity index (χ3n) is 4.50. The fourth-order valence-corrected chi connectivity index (χ4v) is 4.35. The lowest BCUT2D eigenvalue weighted by atomic mass is 9.89. The van der Waals surface area contributed by atoms with E-state index in [1.54, 1.807) is 13.0 Å². The molecule has 1 aromatic heterocycles. The van der Waals surface area contributed by atoms with E-state index in [0.29, 0.717) is 35.5 Å². The number of hydrogen-bond acceptors (Lipinski definition) is 4. The van der Waals surface area contributed by atoms with Gasteiger partial charge >= 0.3 is 0 Å². The molecule has 1 aliphatic rings. The van der Waals surface area contributed by atoms with Crippen molar-refractivity contribution in [3.8, 4) is 11.1 Å².